The molecule has 36 heavy (non-hydrogen) atoms. The molecule has 7 nitrogen and oxygen atoms in total. The molecule has 0 aliphatic carbocycles. The van der Waals surface area contributed by atoms with Crippen molar-refractivity contribution in [3.63, 3.8) is 0 Å². The van der Waals surface area contributed by atoms with E-state index < -0.39 is 5.60 Å². The molecule has 0 unspecified atom stereocenters. The third-order valence-electron chi connectivity index (χ3n) is 6.23. The first-order valence-electron chi connectivity index (χ1n) is 12.4. The second-order valence-corrected chi connectivity index (χ2v) is 10.1. The number of hydrogen-bond donors (Lipinski definition) is 1. The number of anilines is 1. The number of nitrogens with zero attached hydrogens (tertiary/aromatic N) is 3. The lowest BCUT2D eigenvalue weighted by Crippen LogP contribution is -2.41. The Bertz CT molecular complexity index is 1240. The highest BCUT2D eigenvalue weighted by Crippen LogP contribution is 2.33. The van der Waals surface area contributed by atoms with Crippen LogP contribution >= 0.6 is 0 Å². The Labute approximate surface area is 211 Å². The maximum atomic E-state index is 14.0. The molecule has 0 saturated carbocycles. The molecule has 0 radical (unpaired) electrons. The minimum absolute atomic E-state index is 0.0443. The smallest absolute Gasteiger partial charge is 0.410 e. The average molecular weight is 493 g/mol. The van der Waals surface area contributed by atoms with Gasteiger partial charge in [-0.05, 0) is 75.9 Å². The van der Waals surface area contributed by atoms with Crippen molar-refractivity contribution < 1.29 is 18.7 Å². The summed E-state index contributed by atoms with van der Waals surface area (Å²) in [4.78, 5) is 27.6. The van der Waals surface area contributed by atoms with E-state index in [0.29, 0.717) is 48.6 Å². The number of rotatable bonds is 5. The number of halogens is 1. The summed E-state index contributed by atoms with van der Waals surface area (Å²) in [5, 5.41) is 7.48. The van der Waals surface area contributed by atoms with E-state index in [0.717, 1.165) is 12.0 Å². The Morgan fingerprint density at radius 2 is 1.83 bits per heavy atom. The van der Waals surface area contributed by atoms with Crippen LogP contribution in [0.15, 0.2) is 54.7 Å². The van der Waals surface area contributed by atoms with Gasteiger partial charge in [-0.2, -0.15) is 5.10 Å². The highest BCUT2D eigenvalue weighted by atomic mass is 19.1. The summed E-state index contributed by atoms with van der Waals surface area (Å²) in [6.45, 7) is 8.58. The second kappa shape index (κ2) is 10.5. The lowest BCUT2D eigenvalue weighted by atomic mass is 9.90. The first-order valence-corrected chi connectivity index (χ1v) is 12.4. The van der Waals surface area contributed by atoms with Gasteiger partial charge in [-0.25, -0.2) is 13.9 Å². The minimum atomic E-state index is -0.565. The van der Waals surface area contributed by atoms with Gasteiger partial charge in [0.1, 0.15) is 11.4 Å². The molecular weight excluding hydrogens is 459 g/mol. The van der Waals surface area contributed by atoms with Gasteiger partial charge in [-0.15, -0.1) is 0 Å². The fraction of sp³-hybridized carbons (Fsp3) is 0.393. The van der Waals surface area contributed by atoms with E-state index in [9.17, 15) is 14.0 Å². The average Bonchev–Trinajstić information content (AvgIpc) is 3.29. The largest absolute Gasteiger partial charge is 0.444 e. The van der Waals surface area contributed by atoms with Gasteiger partial charge in [0.25, 0.3) is 5.91 Å². The van der Waals surface area contributed by atoms with Crippen LogP contribution in [-0.4, -0.2) is 45.4 Å². The molecule has 2 aromatic carbocycles. The minimum Gasteiger partial charge on any atom is -0.444 e. The van der Waals surface area contributed by atoms with Gasteiger partial charge in [0.05, 0.1) is 23.1 Å². The Morgan fingerprint density at radius 3 is 2.50 bits per heavy atom. The van der Waals surface area contributed by atoms with Gasteiger partial charge in [0.2, 0.25) is 0 Å². The molecule has 0 atom stereocenters. The van der Waals surface area contributed by atoms with Gasteiger partial charge >= 0.3 is 6.09 Å². The van der Waals surface area contributed by atoms with Gasteiger partial charge < -0.3 is 15.0 Å². The first kappa shape index (κ1) is 25.4. The van der Waals surface area contributed by atoms with Crippen molar-refractivity contribution in [3.05, 3.63) is 77.4 Å². The van der Waals surface area contributed by atoms with Crippen LogP contribution in [0, 0.1) is 5.82 Å². The number of aryl methyl sites for hydroxylation is 1. The molecule has 190 valence electrons. The van der Waals surface area contributed by atoms with E-state index in [1.54, 1.807) is 27.9 Å². The Kier molecular flexibility index (Phi) is 7.43. The first-order chi connectivity index (χ1) is 17.1. The van der Waals surface area contributed by atoms with Crippen molar-refractivity contribution in [2.24, 2.45) is 0 Å². The summed E-state index contributed by atoms with van der Waals surface area (Å²) in [5.74, 6) is -0.691. The predicted octanol–water partition coefficient (Wildman–Crippen LogP) is 5.94. The summed E-state index contributed by atoms with van der Waals surface area (Å²) in [7, 11) is 0. The van der Waals surface area contributed by atoms with Crippen LogP contribution in [0.2, 0.25) is 0 Å². The van der Waals surface area contributed by atoms with Crippen molar-refractivity contribution in [2.45, 2.75) is 58.5 Å². The van der Waals surface area contributed by atoms with Crippen molar-refractivity contribution in [1.29, 1.82) is 0 Å². The molecular formula is C28H33FN4O3. The number of amides is 2. The van der Waals surface area contributed by atoms with Crippen LogP contribution in [-0.2, 0) is 11.2 Å². The summed E-state index contributed by atoms with van der Waals surface area (Å²) in [5.41, 5.74) is 2.98. The molecule has 4 rings (SSSR count). The van der Waals surface area contributed by atoms with Crippen LogP contribution in [0.1, 0.15) is 68.1 Å². The number of hydrogen-bond acceptors (Lipinski definition) is 4. The zero-order valence-electron chi connectivity index (χ0n) is 21.3. The maximum absolute atomic E-state index is 14.0. The number of carbonyl (C=O) groups is 2. The fourth-order valence-corrected chi connectivity index (χ4v) is 4.47. The molecule has 1 fully saturated rings. The van der Waals surface area contributed by atoms with Gasteiger partial charge in [0, 0.05) is 24.7 Å². The van der Waals surface area contributed by atoms with E-state index in [-0.39, 0.29) is 23.7 Å². The molecule has 1 aromatic heterocycles. The molecule has 8 heteroatoms. The van der Waals surface area contributed by atoms with Crippen LogP contribution < -0.4 is 5.32 Å². The van der Waals surface area contributed by atoms with Crippen molar-refractivity contribution in [2.75, 3.05) is 18.4 Å². The van der Waals surface area contributed by atoms with E-state index >= 15 is 0 Å². The normalized spacial score (nSPS) is 14.5. The summed E-state index contributed by atoms with van der Waals surface area (Å²) in [6.07, 6.45) is 3.33. The molecule has 3 aromatic rings. The number of carbonyl (C=O) groups excluding carboxylic acids is 2. The van der Waals surface area contributed by atoms with E-state index in [4.69, 9.17) is 4.74 Å². The van der Waals surface area contributed by atoms with Crippen LogP contribution in [0.3, 0.4) is 0 Å². The number of benzene rings is 2. The molecule has 1 aliphatic rings. The number of nitrogens with one attached hydrogen (secondary N) is 1. The molecule has 2 heterocycles. The van der Waals surface area contributed by atoms with E-state index in [2.05, 4.69) is 17.3 Å². The molecule has 2 amide bonds. The zero-order chi connectivity index (χ0) is 25.9. The number of aromatic nitrogens is 2. The van der Waals surface area contributed by atoms with Crippen molar-refractivity contribution in [3.8, 4) is 5.69 Å². The fourth-order valence-electron chi connectivity index (χ4n) is 4.47. The zero-order valence-corrected chi connectivity index (χ0v) is 21.3. The predicted molar refractivity (Wildman–Crippen MR) is 137 cm³/mol. The van der Waals surface area contributed by atoms with Gasteiger partial charge in [0.15, 0.2) is 0 Å². The quantitative estimate of drug-likeness (QED) is 0.478. The third-order valence-corrected chi connectivity index (χ3v) is 6.23. The van der Waals surface area contributed by atoms with Gasteiger partial charge in [-0.3, -0.25) is 4.79 Å². The highest BCUT2D eigenvalue weighted by Gasteiger charge is 2.32. The van der Waals surface area contributed by atoms with Crippen LogP contribution in [0.25, 0.3) is 5.69 Å². The maximum Gasteiger partial charge on any atom is 0.410 e. The molecule has 1 N–H and O–H groups in total. The SMILES string of the molecule is CCc1cccc(NC(=O)c2cnn(-c3cccc(F)c3)c2C2CCN(C(=O)OC(C)(C)C)CC2)c1. The topological polar surface area (TPSA) is 76.5 Å². The Balaban J connectivity index is 1.62. The van der Waals surface area contributed by atoms with Crippen molar-refractivity contribution in [1.82, 2.24) is 14.7 Å². The second-order valence-electron chi connectivity index (χ2n) is 10.1. The number of ether oxygens (including phenoxy) is 1. The third kappa shape index (κ3) is 5.93. The number of piperidine rings is 1. The molecule has 0 bridgehead atoms. The highest BCUT2D eigenvalue weighted by molar-refractivity contribution is 6.05. The van der Waals surface area contributed by atoms with E-state index in [1.807, 2.05) is 45.0 Å². The Hall–Kier alpha value is -3.68. The van der Waals surface area contributed by atoms with Gasteiger partial charge in [-0.1, -0.05) is 25.1 Å². The Morgan fingerprint density at radius 1 is 1.11 bits per heavy atom. The molecule has 1 saturated heterocycles. The molecule has 1 aliphatic heterocycles. The lowest BCUT2D eigenvalue weighted by molar-refractivity contribution is 0.0203. The lowest BCUT2D eigenvalue weighted by Gasteiger charge is -2.34. The number of likely N-dealkylation sites (tertiary alicyclic amines) is 1. The van der Waals surface area contributed by atoms with E-state index in [1.165, 1.54) is 12.1 Å². The summed E-state index contributed by atoms with van der Waals surface area (Å²) >= 11 is 0. The molecule has 0 spiro atoms. The monoisotopic (exact) mass is 492 g/mol. The summed E-state index contributed by atoms with van der Waals surface area (Å²) in [6, 6.07) is 13.9. The van der Waals surface area contributed by atoms with Crippen LogP contribution in [0.5, 0.6) is 0 Å². The van der Waals surface area contributed by atoms with Crippen LogP contribution in [0.4, 0.5) is 14.9 Å². The standard InChI is InChI=1S/C28H33FN4O3/c1-5-19-8-6-10-22(16-19)31-26(34)24-18-30-33(23-11-7-9-21(29)17-23)25(24)20-12-14-32(15-13-20)27(35)36-28(2,3)4/h6-11,16-18,20H,5,12-15H2,1-4H3,(H,31,34). The summed E-state index contributed by atoms with van der Waals surface area (Å²) < 4.78 is 21.2. The van der Waals surface area contributed by atoms with Crippen molar-refractivity contribution >= 4 is 17.7 Å².